The Bertz CT molecular complexity index is 29.5. The standard InChI is InChI=1S/C8H17.Hf/c1-3-5-7-8-6-4-2;/h3H,4-8H2,1-2H3;/q-1;. The van der Waals surface area contributed by atoms with Gasteiger partial charge in [-0.2, -0.15) is 13.3 Å². The van der Waals surface area contributed by atoms with E-state index in [-0.39, 0.29) is 25.8 Å². The molecule has 0 aromatic rings. The van der Waals surface area contributed by atoms with E-state index in [2.05, 4.69) is 20.3 Å². The van der Waals surface area contributed by atoms with Gasteiger partial charge in [0.1, 0.15) is 0 Å². The Kier molecular flexibility index (Phi) is 16.2. The van der Waals surface area contributed by atoms with Crippen LogP contribution in [0.5, 0.6) is 0 Å². The van der Waals surface area contributed by atoms with E-state index in [1.54, 1.807) is 0 Å². The van der Waals surface area contributed by atoms with E-state index in [9.17, 15) is 0 Å². The Morgan fingerprint density at radius 1 is 1.11 bits per heavy atom. The van der Waals surface area contributed by atoms with Gasteiger partial charge in [0.2, 0.25) is 0 Å². The summed E-state index contributed by atoms with van der Waals surface area (Å²) in [7, 11) is 0. The molecule has 0 spiro atoms. The predicted octanol–water partition coefficient (Wildman–Crippen LogP) is 3.18. The molecule has 0 aliphatic heterocycles. The molecule has 0 saturated heterocycles. The zero-order valence-corrected chi connectivity index (χ0v) is 10.2. The Morgan fingerprint density at radius 2 is 1.78 bits per heavy atom. The molecule has 0 heterocycles. The first-order chi connectivity index (χ1) is 3.91. The monoisotopic (exact) mass is 293 g/mol. The average molecular weight is 292 g/mol. The first kappa shape index (κ1) is 12.5. The number of hydrogen-bond acceptors (Lipinski definition) is 0. The number of hydrogen-bond donors (Lipinski definition) is 0. The van der Waals surface area contributed by atoms with E-state index in [4.69, 9.17) is 0 Å². The normalized spacial score (nSPS) is 8.67. The molecule has 0 radical (unpaired) electrons. The zero-order valence-electron chi connectivity index (χ0n) is 6.61. The van der Waals surface area contributed by atoms with Crippen molar-refractivity contribution in [1.29, 1.82) is 0 Å². The average Bonchev–Trinajstić information content (AvgIpc) is 1.81. The largest absolute Gasteiger partial charge is 0.332 e. The smallest absolute Gasteiger partial charge is 0 e. The maximum atomic E-state index is 2.25. The van der Waals surface area contributed by atoms with Crippen LogP contribution >= 0.6 is 0 Å². The fourth-order valence-corrected chi connectivity index (χ4v) is 0.775. The van der Waals surface area contributed by atoms with Crippen molar-refractivity contribution in [2.45, 2.75) is 46.0 Å². The van der Waals surface area contributed by atoms with E-state index in [1.165, 1.54) is 32.1 Å². The van der Waals surface area contributed by atoms with Crippen molar-refractivity contribution in [3.63, 3.8) is 0 Å². The van der Waals surface area contributed by atoms with Crippen LogP contribution in [-0.2, 0) is 25.8 Å². The van der Waals surface area contributed by atoms with Gasteiger partial charge in [-0.1, -0.05) is 32.6 Å². The molecular formula is C8H17Hf-. The van der Waals surface area contributed by atoms with E-state index >= 15 is 0 Å². The molecule has 1 heteroatoms. The van der Waals surface area contributed by atoms with Crippen molar-refractivity contribution in [2.75, 3.05) is 0 Å². The second kappa shape index (κ2) is 11.6. The van der Waals surface area contributed by atoms with Gasteiger partial charge in [0.25, 0.3) is 0 Å². The Labute approximate surface area is 78.2 Å². The summed E-state index contributed by atoms with van der Waals surface area (Å²) < 4.78 is 0. The molecule has 0 bridgehead atoms. The van der Waals surface area contributed by atoms with Gasteiger partial charge in [0.05, 0.1) is 0 Å². The third kappa shape index (κ3) is 12.1. The molecular weight excluding hydrogens is 275 g/mol. The quantitative estimate of drug-likeness (QED) is 0.415. The zero-order chi connectivity index (χ0) is 6.24. The molecule has 0 unspecified atom stereocenters. The molecule has 0 aliphatic carbocycles. The van der Waals surface area contributed by atoms with Crippen LogP contribution in [0, 0.1) is 6.42 Å². The number of rotatable bonds is 5. The Morgan fingerprint density at radius 3 is 2.22 bits per heavy atom. The fourth-order valence-electron chi connectivity index (χ4n) is 0.775. The minimum absolute atomic E-state index is 0. The van der Waals surface area contributed by atoms with E-state index < -0.39 is 0 Å². The van der Waals surface area contributed by atoms with Crippen molar-refractivity contribution in [3.05, 3.63) is 6.42 Å². The van der Waals surface area contributed by atoms with Crippen molar-refractivity contribution < 1.29 is 25.8 Å². The van der Waals surface area contributed by atoms with Gasteiger partial charge in [0.15, 0.2) is 0 Å². The van der Waals surface area contributed by atoms with Crippen LogP contribution in [-0.4, -0.2) is 0 Å². The topological polar surface area (TPSA) is 0 Å². The van der Waals surface area contributed by atoms with Gasteiger partial charge >= 0.3 is 0 Å². The predicted molar refractivity (Wildman–Crippen MR) is 38.7 cm³/mol. The first-order valence-electron chi connectivity index (χ1n) is 3.69. The molecule has 0 fully saturated rings. The van der Waals surface area contributed by atoms with Crippen LogP contribution in [0.1, 0.15) is 46.0 Å². The molecule has 0 atom stereocenters. The van der Waals surface area contributed by atoms with Crippen molar-refractivity contribution >= 4 is 0 Å². The van der Waals surface area contributed by atoms with Crippen molar-refractivity contribution in [1.82, 2.24) is 0 Å². The molecule has 0 aromatic carbocycles. The van der Waals surface area contributed by atoms with Crippen LogP contribution in [0.2, 0.25) is 0 Å². The molecule has 0 saturated carbocycles. The summed E-state index contributed by atoms with van der Waals surface area (Å²) in [4.78, 5) is 0. The molecule has 0 aliphatic rings. The van der Waals surface area contributed by atoms with E-state index in [0.29, 0.717) is 0 Å². The second-order valence-electron chi connectivity index (χ2n) is 2.26. The maximum absolute atomic E-state index is 2.25. The molecule has 54 valence electrons. The van der Waals surface area contributed by atoms with Crippen LogP contribution in [0.25, 0.3) is 0 Å². The molecule has 0 N–H and O–H groups in total. The van der Waals surface area contributed by atoms with Gasteiger partial charge in [-0.15, -0.1) is 0 Å². The van der Waals surface area contributed by atoms with Crippen molar-refractivity contribution in [2.24, 2.45) is 0 Å². The second-order valence-corrected chi connectivity index (χ2v) is 2.26. The van der Waals surface area contributed by atoms with Crippen LogP contribution in [0.4, 0.5) is 0 Å². The Balaban J connectivity index is 0. The molecule has 0 aromatic heterocycles. The summed E-state index contributed by atoms with van der Waals surface area (Å²) in [5.74, 6) is 0. The van der Waals surface area contributed by atoms with Crippen LogP contribution < -0.4 is 0 Å². The van der Waals surface area contributed by atoms with Crippen molar-refractivity contribution in [3.8, 4) is 0 Å². The minimum atomic E-state index is 0. The van der Waals surface area contributed by atoms with E-state index in [1.807, 2.05) is 0 Å². The first-order valence-corrected chi connectivity index (χ1v) is 3.69. The molecule has 0 nitrogen and oxygen atoms in total. The van der Waals surface area contributed by atoms with Crippen LogP contribution in [0.15, 0.2) is 0 Å². The summed E-state index contributed by atoms with van der Waals surface area (Å²) in [6.45, 7) is 4.38. The third-order valence-corrected chi connectivity index (χ3v) is 1.35. The SMILES string of the molecule is C[CH-]CCCCCC.[Hf]. The number of unbranched alkanes of at least 4 members (excludes halogenated alkanes) is 5. The fraction of sp³-hybridized carbons (Fsp3) is 0.875. The summed E-state index contributed by atoms with van der Waals surface area (Å²) in [6.07, 6.45) is 9.12. The van der Waals surface area contributed by atoms with Gasteiger partial charge in [-0.25, -0.2) is 0 Å². The molecule has 0 amide bonds. The summed E-state index contributed by atoms with van der Waals surface area (Å²) >= 11 is 0. The van der Waals surface area contributed by atoms with Gasteiger partial charge in [-0.05, 0) is 0 Å². The summed E-state index contributed by atoms with van der Waals surface area (Å²) in [5.41, 5.74) is 0. The maximum Gasteiger partial charge on any atom is 0 e. The van der Waals surface area contributed by atoms with Gasteiger partial charge in [-0.3, -0.25) is 0 Å². The third-order valence-electron chi connectivity index (χ3n) is 1.35. The summed E-state index contributed by atoms with van der Waals surface area (Å²) in [6, 6.07) is 0. The van der Waals surface area contributed by atoms with E-state index in [0.717, 1.165) is 0 Å². The minimum Gasteiger partial charge on any atom is -0.332 e. The Hall–Kier alpha value is 0.870. The van der Waals surface area contributed by atoms with Gasteiger partial charge in [0, 0.05) is 25.8 Å². The molecule has 9 heavy (non-hydrogen) atoms. The van der Waals surface area contributed by atoms with Crippen LogP contribution in [0.3, 0.4) is 0 Å². The van der Waals surface area contributed by atoms with Gasteiger partial charge < -0.3 is 6.42 Å². The molecule has 0 rings (SSSR count). The summed E-state index contributed by atoms with van der Waals surface area (Å²) in [5, 5.41) is 0.